The maximum Gasteiger partial charge on any atom is 0.374 e. The summed E-state index contributed by atoms with van der Waals surface area (Å²) in [6.45, 7) is 7.67. The number of aliphatic hydroxyl groups excluding tert-OH is 1. The first kappa shape index (κ1) is 23.1. The van der Waals surface area contributed by atoms with Gasteiger partial charge < -0.3 is 24.4 Å². The van der Waals surface area contributed by atoms with Crippen molar-refractivity contribution in [3.63, 3.8) is 0 Å². The Morgan fingerprint density at radius 2 is 2.06 bits per heavy atom. The van der Waals surface area contributed by atoms with Gasteiger partial charge in [0.25, 0.3) is 0 Å². The number of aromatic nitrogens is 1. The highest BCUT2D eigenvalue weighted by Crippen LogP contribution is 2.65. The number of rotatable bonds is 3. The van der Waals surface area contributed by atoms with Crippen LogP contribution in [0.25, 0.3) is 0 Å². The molecule has 0 saturated heterocycles. The molecule has 1 fully saturated rings. The molecular formula is C26H31NO7. The highest BCUT2D eigenvalue weighted by molar-refractivity contribution is 5.90. The number of pyridine rings is 1. The van der Waals surface area contributed by atoms with Crippen LogP contribution in [0.3, 0.4) is 0 Å². The fourth-order valence-electron chi connectivity index (χ4n) is 6.76. The van der Waals surface area contributed by atoms with Gasteiger partial charge in [0.2, 0.25) is 5.76 Å². The average molecular weight is 470 g/mol. The second-order valence-electron chi connectivity index (χ2n) is 10.6. The predicted molar refractivity (Wildman–Crippen MR) is 120 cm³/mol. The van der Waals surface area contributed by atoms with Gasteiger partial charge in [0.15, 0.2) is 0 Å². The zero-order chi connectivity index (χ0) is 24.5. The lowest BCUT2D eigenvalue weighted by atomic mass is 9.43. The number of carbonyl (C=O) groups excluding carboxylic acids is 2. The summed E-state index contributed by atoms with van der Waals surface area (Å²) in [6, 6.07) is 3.25. The van der Waals surface area contributed by atoms with Crippen LogP contribution in [0.1, 0.15) is 57.3 Å². The van der Waals surface area contributed by atoms with E-state index in [0.29, 0.717) is 12.8 Å². The highest BCUT2D eigenvalue weighted by atomic mass is 16.6. The maximum atomic E-state index is 13.0. The van der Waals surface area contributed by atoms with Gasteiger partial charge >= 0.3 is 11.9 Å². The standard InChI is InChI=1S/C26H31NO7/c1-14-7-5-9-17-24(14,2)21(34-22(29)15-8-6-10-27-12-15)20(28)26(4,31)25(17,3)18-11-16-13-32-23(30)19(16)33-18/h6-8,10,12,17-18,20-21,28,31H,5,9,11,13H2,1-4H3. The van der Waals surface area contributed by atoms with E-state index < -0.39 is 46.7 Å². The minimum Gasteiger partial charge on any atom is -0.482 e. The minimum atomic E-state index is -1.68. The summed E-state index contributed by atoms with van der Waals surface area (Å²) in [5.41, 5.74) is -1.33. The maximum absolute atomic E-state index is 13.0. The molecule has 8 nitrogen and oxygen atoms in total. The molecule has 0 radical (unpaired) electrons. The van der Waals surface area contributed by atoms with Gasteiger partial charge in [0, 0.05) is 35.2 Å². The SMILES string of the molecule is CC1=CCCC2C1(C)C(OC(=O)c1cccnc1)C(O)C(C)(O)C2(C)C1CC2=C(O1)C(=O)OC2. The van der Waals surface area contributed by atoms with Crippen LogP contribution in [0.5, 0.6) is 0 Å². The van der Waals surface area contributed by atoms with Crippen molar-refractivity contribution >= 4 is 11.9 Å². The summed E-state index contributed by atoms with van der Waals surface area (Å²) < 4.78 is 17.2. The third-order valence-corrected chi connectivity index (χ3v) is 9.12. The summed E-state index contributed by atoms with van der Waals surface area (Å²) >= 11 is 0. The number of allylic oxidation sites excluding steroid dienone is 1. The Bertz CT molecular complexity index is 1090. The predicted octanol–water partition coefficient (Wildman–Crippen LogP) is 2.70. The van der Waals surface area contributed by atoms with Crippen molar-refractivity contribution < 1.29 is 34.0 Å². The lowest BCUT2D eigenvalue weighted by Crippen LogP contribution is -2.74. The van der Waals surface area contributed by atoms with Crippen LogP contribution in [0.4, 0.5) is 0 Å². The second kappa shape index (κ2) is 7.65. The van der Waals surface area contributed by atoms with E-state index in [1.807, 2.05) is 20.8 Å². The molecule has 0 amide bonds. The molecule has 2 aliphatic heterocycles. The van der Waals surface area contributed by atoms with Crippen molar-refractivity contribution in [2.24, 2.45) is 16.7 Å². The van der Waals surface area contributed by atoms with E-state index in [4.69, 9.17) is 14.2 Å². The van der Waals surface area contributed by atoms with E-state index in [1.54, 1.807) is 25.3 Å². The van der Waals surface area contributed by atoms with Gasteiger partial charge in [-0.05, 0) is 44.7 Å². The van der Waals surface area contributed by atoms with Crippen molar-refractivity contribution in [3.05, 3.63) is 53.1 Å². The number of hydrogen-bond donors (Lipinski definition) is 2. The Hall–Kier alpha value is -2.71. The molecule has 7 unspecified atom stereocenters. The van der Waals surface area contributed by atoms with Crippen LogP contribution in [0.15, 0.2) is 47.5 Å². The summed E-state index contributed by atoms with van der Waals surface area (Å²) in [6.07, 6.45) is 4.12. The Kier molecular flexibility index (Phi) is 5.19. The van der Waals surface area contributed by atoms with Gasteiger partial charge in [-0.3, -0.25) is 4.98 Å². The van der Waals surface area contributed by atoms with Gasteiger partial charge in [-0.1, -0.05) is 25.5 Å². The molecule has 5 rings (SSSR count). The molecule has 1 aromatic rings. The van der Waals surface area contributed by atoms with Gasteiger partial charge in [-0.25, -0.2) is 9.59 Å². The number of aliphatic hydroxyl groups is 2. The number of hydrogen-bond acceptors (Lipinski definition) is 8. The first-order valence-electron chi connectivity index (χ1n) is 11.8. The molecule has 182 valence electrons. The van der Waals surface area contributed by atoms with E-state index in [2.05, 4.69) is 11.1 Å². The lowest BCUT2D eigenvalue weighted by molar-refractivity contribution is -0.288. The lowest BCUT2D eigenvalue weighted by Gasteiger charge is -2.65. The van der Waals surface area contributed by atoms with Crippen LogP contribution < -0.4 is 0 Å². The largest absolute Gasteiger partial charge is 0.482 e. The molecule has 8 heteroatoms. The minimum absolute atomic E-state index is 0.192. The fraction of sp³-hybridized carbons (Fsp3) is 0.577. The van der Waals surface area contributed by atoms with Gasteiger partial charge in [0.1, 0.15) is 30.5 Å². The summed E-state index contributed by atoms with van der Waals surface area (Å²) in [5.74, 6) is -1.05. The van der Waals surface area contributed by atoms with Crippen LogP contribution in [-0.2, 0) is 19.0 Å². The van der Waals surface area contributed by atoms with Gasteiger partial charge in [-0.15, -0.1) is 0 Å². The molecule has 0 spiro atoms. The molecule has 2 N–H and O–H groups in total. The number of carbonyl (C=O) groups is 2. The second-order valence-corrected chi connectivity index (χ2v) is 10.6. The Morgan fingerprint density at radius 1 is 1.29 bits per heavy atom. The Balaban J connectivity index is 1.56. The van der Waals surface area contributed by atoms with Gasteiger partial charge in [-0.2, -0.15) is 0 Å². The topological polar surface area (TPSA) is 115 Å². The third-order valence-electron chi connectivity index (χ3n) is 9.12. The first-order valence-corrected chi connectivity index (χ1v) is 11.8. The van der Waals surface area contributed by atoms with E-state index in [-0.39, 0.29) is 23.8 Å². The molecule has 7 atom stereocenters. The molecule has 3 heterocycles. The average Bonchev–Trinajstić information content (AvgIpc) is 3.40. The number of esters is 2. The quantitative estimate of drug-likeness (QED) is 0.513. The third kappa shape index (κ3) is 2.94. The Labute approximate surface area is 198 Å². The number of cyclic esters (lactones) is 1. The van der Waals surface area contributed by atoms with Crippen LogP contribution in [-0.4, -0.2) is 57.7 Å². The van der Waals surface area contributed by atoms with E-state index >= 15 is 0 Å². The van der Waals surface area contributed by atoms with E-state index in [0.717, 1.165) is 17.6 Å². The fourth-order valence-corrected chi connectivity index (χ4v) is 6.76. The van der Waals surface area contributed by atoms with Crippen molar-refractivity contribution in [1.29, 1.82) is 0 Å². The van der Waals surface area contributed by atoms with Crippen LogP contribution >= 0.6 is 0 Å². The normalized spacial score (nSPS) is 41.2. The molecule has 1 saturated carbocycles. The summed E-state index contributed by atoms with van der Waals surface area (Å²) in [5, 5.41) is 23.6. The zero-order valence-corrected chi connectivity index (χ0v) is 19.9. The molecule has 4 aliphatic rings. The monoisotopic (exact) mass is 469 g/mol. The van der Waals surface area contributed by atoms with E-state index in [1.165, 1.54) is 6.20 Å². The highest BCUT2D eigenvalue weighted by Gasteiger charge is 2.72. The molecule has 0 aromatic carbocycles. The summed E-state index contributed by atoms with van der Waals surface area (Å²) in [7, 11) is 0. The van der Waals surface area contributed by atoms with Crippen molar-refractivity contribution in [3.8, 4) is 0 Å². The first-order chi connectivity index (χ1) is 16.0. The summed E-state index contributed by atoms with van der Waals surface area (Å²) in [4.78, 5) is 29.1. The van der Waals surface area contributed by atoms with E-state index in [9.17, 15) is 19.8 Å². The molecule has 2 aliphatic carbocycles. The molecule has 1 aromatic heterocycles. The molecule has 0 bridgehead atoms. The smallest absolute Gasteiger partial charge is 0.374 e. The molecular weight excluding hydrogens is 438 g/mol. The van der Waals surface area contributed by atoms with Crippen molar-refractivity contribution in [2.45, 2.75) is 70.9 Å². The number of nitrogens with zero attached hydrogens (tertiary/aromatic N) is 1. The number of ether oxygens (including phenoxy) is 3. The number of fused-ring (bicyclic) bond motifs is 1. The van der Waals surface area contributed by atoms with Gasteiger partial charge in [0.05, 0.1) is 5.56 Å². The zero-order valence-electron chi connectivity index (χ0n) is 19.9. The Morgan fingerprint density at radius 3 is 2.74 bits per heavy atom. The van der Waals surface area contributed by atoms with Crippen LogP contribution in [0, 0.1) is 16.7 Å². The molecule has 34 heavy (non-hydrogen) atoms. The van der Waals surface area contributed by atoms with Crippen molar-refractivity contribution in [2.75, 3.05) is 6.61 Å². The van der Waals surface area contributed by atoms with Crippen molar-refractivity contribution in [1.82, 2.24) is 4.98 Å². The van der Waals surface area contributed by atoms with Crippen LogP contribution in [0.2, 0.25) is 0 Å².